The molecule has 2 nitrogen and oxygen atoms in total. The molecule has 2 aromatic carbocycles. The van der Waals surface area contributed by atoms with Gasteiger partial charge in [-0.2, -0.15) is 4.89 Å². The van der Waals surface area contributed by atoms with E-state index in [0.717, 1.165) is 27.8 Å². The van der Waals surface area contributed by atoms with Crippen molar-refractivity contribution in [3.05, 3.63) is 53.1 Å². The van der Waals surface area contributed by atoms with Gasteiger partial charge >= 0.3 is 26.9 Å². The van der Waals surface area contributed by atoms with Gasteiger partial charge in [0.2, 0.25) is 5.30 Å². The maximum Gasteiger partial charge on any atom is 1.00 e. The molecule has 0 spiro atoms. The first kappa shape index (κ1) is 16.2. The van der Waals surface area contributed by atoms with Gasteiger partial charge in [0.1, 0.15) is 0 Å². The van der Waals surface area contributed by atoms with Crippen LogP contribution in [0, 0.1) is 20.8 Å². The second-order valence-electron chi connectivity index (χ2n) is 4.50. The quantitative estimate of drug-likeness (QED) is 0.644. The normalized spacial score (nSPS) is 10.8. The molecule has 0 saturated carbocycles. The minimum Gasteiger partial charge on any atom is -1.00 e. The molecule has 94 valence electrons. The summed E-state index contributed by atoms with van der Waals surface area (Å²) in [6, 6.07) is 12.0. The van der Waals surface area contributed by atoms with Gasteiger partial charge in [-0.05, 0) is 42.0 Å². The van der Waals surface area contributed by atoms with E-state index < -0.39 is 8.03 Å². The van der Waals surface area contributed by atoms with Crippen molar-refractivity contribution in [1.29, 1.82) is 0 Å². The van der Waals surface area contributed by atoms with E-state index in [1.54, 1.807) is 0 Å². The molecule has 2 aromatic rings. The first-order valence-electron chi connectivity index (χ1n) is 5.84. The van der Waals surface area contributed by atoms with Crippen LogP contribution in [0.15, 0.2) is 36.4 Å². The maximum atomic E-state index is 11.5. The van der Waals surface area contributed by atoms with Crippen LogP contribution in [0.4, 0.5) is 0 Å². The first-order chi connectivity index (χ1) is 8.52. The Bertz CT molecular complexity index is 615. The predicted octanol–water partition coefficient (Wildman–Crippen LogP) is 0.755. The number of benzene rings is 2. The third-order valence-electron chi connectivity index (χ3n) is 3.18. The van der Waals surface area contributed by atoms with Gasteiger partial charge in [0.25, 0.3) is 0 Å². The minimum atomic E-state index is -2.31. The van der Waals surface area contributed by atoms with Crippen molar-refractivity contribution in [2.75, 3.05) is 0 Å². The zero-order chi connectivity index (χ0) is 13.3. The summed E-state index contributed by atoms with van der Waals surface area (Å²) in [6.07, 6.45) is 0. The Labute approximate surface area is 128 Å². The maximum absolute atomic E-state index is 11.5. The van der Waals surface area contributed by atoms with E-state index in [4.69, 9.17) is 0 Å². The van der Waals surface area contributed by atoms with E-state index in [2.05, 4.69) is 0 Å². The third-order valence-corrected chi connectivity index (χ3v) is 4.26. The Hall–Kier alpha value is -0.903. The van der Waals surface area contributed by atoms with Gasteiger partial charge in [0.05, 0.1) is 0 Å². The molecule has 0 saturated heterocycles. The molecule has 1 atom stereocenters. The van der Waals surface area contributed by atoms with E-state index in [9.17, 15) is 9.46 Å². The summed E-state index contributed by atoms with van der Waals surface area (Å²) in [5, 5.41) is 0.564. The fraction of sp³-hybridized carbons (Fsp3) is 0.200. The van der Waals surface area contributed by atoms with Crippen molar-refractivity contribution in [2.24, 2.45) is 0 Å². The molecule has 2 rings (SSSR count). The minimum absolute atomic E-state index is 0. The standard InChI is InChI=1S/C15H15O2P.Li.H/c1-10-9-11(2)15(18(16)17)12(3)14(10)13-7-5-4-6-8-13;;/h4-9H,1-3H3;;/q;+1;-1/p+1. The third kappa shape index (κ3) is 3.16. The molecule has 0 amide bonds. The number of hydrogen-bond donors (Lipinski definition) is 1. The summed E-state index contributed by atoms with van der Waals surface area (Å²) in [4.78, 5) is 9.46. The van der Waals surface area contributed by atoms with Crippen molar-refractivity contribution >= 4 is 13.3 Å². The van der Waals surface area contributed by atoms with E-state index >= 15 is 0 Å². The van der Waals surface area contributed by atoms with Crippen LogP contribution in [0.5, 0.6) is 0 Å². The average Bonchev–Trinajstić information content (AvgIpc) is 2.28. The van der Waals surface area contributed by atoms with Gasteiger partial charge < -0.3 is 1.43 Å². The zero-order valence-electron chi connectivity index (χ0n) is 12.8. The van der Waals surface area contributed by atoms with E-state index in [-0.39, 0.29) is 20.3 Å². The number of hydrogen-bond acceptors (Lipinski definition) is 1. The van der Waals surface area contributed by atoms with Crippen molar-refractivity contribution in [2.45, 2.75) is 20.8 Å². The van der Waals surface area contributed by atoms with Gasteiger partial charge in [0.15, 0.2) is 0 Å². The van der Waals surface area contributed by atoms with Crippen LogP contribution < -0.4 is 24.2 Å². The molecule has 0 radical (unpaired) electrons. The average molecular weight is 267 g/mol. The van der Waals surface area contributed by atoms with Gasteiger partial charge in [-0.1, -0.05) is 36.4 Å². The fourth-order valence-electron chi connectivity index (χ4n) is 2.52. The molecule has 0 heterocycles. The Morgan fingerprint density at radius 1 is 1.05 bits per heavy atom. The molecule has 1 unspecified atom stereocenters. The SMILES string of the molecule is Cc1cc(C)c([P+](=O)O)c(C)c1-c1ccccc1.[H-].[Li+]. The van der Waals surface area contributed by atoms with Crippen molar-refractivity contribution in [1.82, 2.24) is 0 Å². The van der Waals surface area contributed by atoms with Crippen LogP contribution in [0.1, 0.15) is 18.1 Å². The molecule has 0 aliphatic rings. The van der Waals surface area contributed by atoms with Crippen LogP contribution in [0.3, 0.4) is 0 Å². The van der Waals surface area contributed by atoms with Crippen LogP contribution in [0.2, 0.25) is 0 Å². The Morgan fingerprint density at radius 3 is 2.16 bits per heavy atom. The second-order valence-corrected chi connectivity index (χ2v) is 5.49. The summed E-state index contributed by atoms with van der Waals surface area (Å²) < 4.78 is 11.5. The molecule has 0 fully saturated rings. The predicted molar refractivity (Wildman–Crippen MR) is 76.7 cm³/mol. The second kappa shape index (κ2) is 6.50. The van der Waals surface area contributed by atoms with Gasteiger partial charge in [-0.15, -0.1) is 0 Å². The van der Waals surface area contributed by atoms with Crippen molar-refractivity contribution in [3.63, 3.8) is 0 Å². The van der Waals surface area contributed by atoms with Crippen molar-refractivity contribution < 1.29 is 29.7 Å². The Balaban J connectivity index is 0.00000180. The molecule has 0 bridgehead atoms. The van der Waals surface area contributed by atoms with Gasteiger partial charge in [-0.25, -0.2) is 0 Å². The number of rotatable bonds is 2. The summed E-state index contributed by atoms with van der Waals surface area (Å²) in [7, 11) is -2.31. The molecule has 19 heavy (non-hydrogen) atoms. The summed E-state index contributed by atoms with van der Waals surface area (Å²) in [5.74, 6) is 0. The monoisotopic (exact) mass is 267 g/mol. The fourth-order valence-corrected chi connectivity index (χ4v) is 3.28. The smallest absolute Gasteiger partial charge is 1.00 e. The molecule has 1 N–H and O–H groups in total. The molecule has 0 aromatic heterocycles. The van der Waals surface area contributed by atoms with Gasteiger partial charge in [-0.3, -0.25) is 0 Å². The van der Waals surface area contributed by atoms with Crippen LogP contribution >= 0.6 is 8.03 Å². The molecule has 4 heteroatoms. The molecule has 0 aliphatic carbocycles. The topological polar surface area (TPSA) is 37.3 Å². The van der Waals surface area contributed by atoms with Crippen LogP contribution in [-0.2, 0) is 4.57 Å². The van der Waals surface area contributed by atoms with Crippen LogP contribution in [-0.4, -0.2) is 4.89 Å². The first-order valence-corrected chi connectivity index (χ1v) is 7.06. The summed E-state index contributed by atoms with van der Waals surface area (Å²) >= 11 is 0. The van der Waals surface area contributed by atoms with Crippen molar-refractivity contribution in [3.8, 4) is 11.1 Å². The Kier molecular flexibility index (Phi) is 5.53. The van der Waals surface area contributed by atoms with E-state index in [1.165, 1.54) is 0 Å². The van der Waals surface area contributed by atoms with Gasteiger partial charge in [0, 0.05) is 11.1 Å². The van der Waals surface area contributed by atoms with E-state index in [0.29, 0.717) is 5.30 Å². The molecular weight excluding hydrogens is 250 g/mol. The molecular formula is C15H17LiO2P+. The summed E-state index contributed by atoms with van der Waals surface area (Å²) in [6.45, 7) is 5.84. The van der Waals surface area contributed by atoms with Crippen LogP contribution in [0.25, 0.3) is 11.1 Å². The molecule has 0 aliphatic heterocycles. The summed E-state index contributed by atoms with van der Waals surface area (Å²) in [5.41, 5.74) is 5.08. The zero-order valence-corrected chi connectivity index (χ0v) is 12.7. The Morgan fingerprint density at radius 2 is 1.63 bits per heavy atom. The largest absolute Gasteiger partial charge is 1.00 e. The number of aryl methyl sites for hydroxylation is 2. The van der Waals surface area contributed by atoms with E-state index in [1.807, 2.05) is 57.2 Å².